The van der Waals surface area contributed by atoms with Gasteiger partial charge in [0.25, 0.3) is 0 Å². The largest absolute Gasteiger partial charge is 0.463 e. The second-order valence-electron chi connectivity index (χ2n) is 3.98. The van der Waals surface area contributed by atoms with Crippen LogP contribution >= 0.6 is 0 Å². The van der Waals surface area contributed by atoms with Crippen LogP contribution in [0.15, 0.2) is 16.5 Å². The Bertz CT molecular complexity index is 279. The van der Waals surface area contributed by atoms with Gasteiger partial charge < -0.3 is 15.5 Å². The molecule has 3 heteroatoms. The van der Waals surface area contributed by atoms with Crippen LogP contribution in [0.3, 0.4) is 0 Å². The first-order valence-electron chi connectivity index (χ1n) is 5.37. The Hall–Kier alpha value is -0.800. The molecule has 1 aromatic rings. The molecule has 3 nitrogen and oxygen atoms in total. The lowest BCUT2D eigenvalue weighted by Crippen LogP contribution is -2.14. The Kier molecular flexibility index (Phi) is 3.22. The molecular formula is C11H18N2O. The summed E-state index contributed by atoms with van der Waals surface area (Å²) in [5, 5.41) is 3.38. The van der Waals surface area contributed by atoms with Crippen LogP contribution in [-0.4, -0.2) is 6.54 Å². The molecule has 0 radical (unpaired) electrons. The monoisotopic (exact) mass is 194 g/mol. The fraction of sp³-hybridized carbons (Fsp3) is 0.636. The first-order chi connectivity index (χ1) is 6.88. The molecule has 0 bridgehead atoms. The number of hydrogen-bond donors (Lipinski definition) is 2. The van der Waals surface area contributed by atoms with E-state index in [2.05, 4.69) is 5.32 Å². The molecule has 0 spiro atoms. The van der Waals surface area contributed by atoms with E-state index in [1.807, 2.05) is 12.1 Å². The summed E-state index contributed by atoms with van der Waals surface area (Å²) in [6, 6.07) is 3.93. The van der Waals surface area contributed by atoms with Gasteiger partial charge in [-0.05, 0) is 31.0 Å². The van der Waals surface area contributed by atoms with Crippen molar-refractivity contribution in [3.63, 3.8) is 0 Å². The molecule has 1 heterocycles. The summed E-state index contributed by atoms with van der Waals surface area (Å²) in [6.45, 7) is 2.41. The van der Waals surface area contributed by atoms with E-state index in [1.54, 1.807) is 0 Å². The standard InChI is InChI=1S/C11H18N2O/c12-7-10-3-4-11(14-10)8-13-6-5-9-1-2-9/h3-4,9,13H,1-2,5-8,12H2. The first-order valence-corrected chi connectivity index (χ1v) is 5.37. The summed E-state index contributed by atoms with van der Waals surface area (Å²) in [4.78, 5) is 0. The van der Waals surface area contributed by atoms with Gasteiger partial charge in [-0.2, -0.15) is 0 Å². The minimum Gasteiger partial charge on any atom is -0.463 e. The van der Waals surface area contributed by atoms with E-state index in [4.69, 9.17) is 10.2 Å². The van der Waals surface area contributed by atoms with Gasteiger partial charge in [0.2, 0.25) is 0 Å². The third-order valence-electron chi connectivity index (χ3n) is 2.64. The molecule has 1 aliphatic carbocycles. The van der Waals surface area contributed by atoms with E-state index in [0.717, 1.165) is 30.5 Å². The van der Waals surface area contributed by atoms with Gasteiger partial charge in [0, 0.05) is 0 Å². The Morgan fingerprint density at radius 2 is 2.14 bits per heavy atom. The fourth-order valence-corrected chi connectivity index (χ4v) is 1.55. The Morgan fingerprint density at radius 3 is 2.79 bits per heavy atom. The van der Waals surface area contributed by atoms with Crippen LogP contribution in [0.25, 0.3) is 0 Å². The highest BCUT2D eigenvalue weighted by Gasteiger charge is 2.19. The lowest BCUT2D eigenvalue weighted by Gasteiger charge is -2.00. The molecule has 1 aromatic heterocycles. The molecule has 1 saturated carbocycles. The zero-order valence-corrected chi connectivity index (χ0v) is 8.46. The number of nitrogens with two attached hydrogens (primary N) is 1. The van der Waals surface area contributed by atoms with Crippen molar-refractivity contribution < 1.29 is 4.42 Å². The van der Waals surface area contributed by atoms with Crippen molar-refractivity contribution in [1.29, 1.82) is 0 Å². The third kappa shape index (κ3) is 2.86. The number of rotatable bonds is 6. The maximum Gasteiger partial charge on any atom is 0.118 e. The molecule has 1 aliphatic rings. The molecule has 2 rings (SSSR count). The molecule has 0 saturated heterocycles. The average molecular weight is 194 g/mol. The second kappa shape index (κ2) is 4.62. The van der Waals surface area contributed by atoms with Crippen molar-refractivity contribution in [2.24, 2.45) is 11.7 Å². The molecule has 0 amide bonds. The highest BCUT2D eigenvalue weighted by atomic mass is 16.3. The third-order valence-corrected chi connectivity index (χ3v) is 2.64. The molecule has 1 fully saturated rings. The molecule has 3 N–H and O–H groups in total. The highest BCUT2D eigenvalue weighted by Crippen LogP contribution is 2.31. The van der Waals surface area contributed by atoms with Gasteiger partial charge in [0.05, 0.1) is 13.1 Å². The van der Waals surface area contributed by atoms with Crippen LogP contribution in [0.2, 0.25) is 0 Å². The zero-order chi connectivity index (χ0) is 9.80. The summed E-state index contributed by atoms with van der Waals surface area (Å²) in [5.41, 5.74) is 5.45. The van der Waals surface area contributed by atoms with E-state index >= 15 is 0 Å². The van der Waals surface area contributed by atoms with Crippen LogP contribution in [0, 0.1) is 5.92 Å². The van der Waals surface area contributed by atoms with Crippen molar-refractivity contribution >= 4 is 0 Å². The predicted molar refractivity (Wildman–Crippen MR) is 55.6 cm³/mol. The van der Waals surface area contributed by atoms with Crippen LogP contribution in [0.1, 0.15) is 30.8 Å². The molecule has 78 valence electrons. The molecule has 0 aliphatic heterocycles. The van der Waals surface area contributed by atoms with Gasteiger partial charge in [-0.1, -0.05) is 12.8 Å². The number of furan rings is 1. The molecular weight excluding hydrogens is 176 g/mol. The molecule has 14 heavy (non-hydrogen) atoms. The summed E-state index contributed by atoms with van der Waals surface area (Å²) in [6.07, 6.45) is 4.17. The average Bonchev–Trinajstić information content (AvgIpc) is 2.91. The molecule has 0 aromatic carbocycles. The SMILES string of the molecule is NCc1ccc(CNCCC2CC2)o1. The number of hydrogen-bond acceptors (Lipinski definition) is 3. The minimum absolute atomic E-state index is 0.488. The van der Waals surface area contributed by atoms with E-state index in [9.17, 15) is 0 Å². The van der Waals surface area contributed by atoms with Crippen molar-refractivity contribution in [3.05, 3.63) is 23.7 Å². The van der Waals surface area contributed by atoms with Gasteiger partial charge in [-0.15, -0.1) is 0 Å². The predicted octanol–water partition coefficient (Wildman–Crippen LogP) is 1.63. The van der Waals surface area contributed by atoms with Crippen molar-refractivity contribution in [3.8, 4) is 0 Å². The number of nitrogens with one attached hydrogen (secondary N) is 1. The van der Waals surface area contributed by atoms with Gasteiger partial charge in [-0.25, -0.2) is 0 Å². The van der Waals surface area contributed by atoms with Gasteiger partial charge in [0.1, 0.15) is 11.5 Å². The summed E-state index contributed by atoms with van der Waals surface area (Å²) < 4.78 is 5.47. The van der Waals surface area contributed by atoms with E-state index in [-0.39, 0.29) is 0 Å². The van der Waals surface area contributed by atoms with Crippen molar-refractivity contribution in [2.75, 3.05) is 6.54 Å². The lowest BCUT2D eigenvalue weighted by molar-refractivity contribution is 0.445. The fourth-order valence-electron chi connectivity index (χ4n) is 1.55. The maximum atomic E-state index is 5.47. The van der Waals surface area contributed by atoms with Gasteiger partial charge in [0.15, 0.2) is 0 Å². The van der Waals surface area contributed by atoms with Crippen LogP contribution in [-0.2, 0) is 13.1 Å². The quantitative estimate of drug-likeness (QED) is 0.677. The first kappa shape index (κ1) is 9.74. The summed E-state index contributed by atoms with van der Waals surface area (Å²) in [7, 11) is 0. The summed E-state index contributed by atoms with van der Waals surface area (Å²) in [5.74, 6) is 2.85. The van der Waals surface area contributed by atoms with Crippen LogP contribution in [0.4, 0.5) is 0 Å². The Labute approximate surface area is 84.7 Å². The van der Waals surface area contributed by atoms with Gasteiger partial charge >= 0.3 is 0 Å². The lowest BCUT2D eigenvalue weighted by atomic mass is 10.3. The topological polar surface area (TPSA) is 51.2 Å². The van der Waals surface area contributed by atoms with E-state index in [0.29, 0.717) is 6.54 Å². The maximum absolute atomic E-state index is 5.47. The van der Waals surface area contributed by atoms with Crippen LogP contribution < -0.4 is 11.1 Å². The highest BCUT2D eigenvalue weighted by molar-refractivity contribution is 5.06. The molecule has 0 atom stereocenters. The Balaban J connectivity index is 1.63. The van der Waals surface area contributed by atoms with E-state index < -0.39 is 0 Å². The zero-order valence-electron chi connectivity index (χ0n) is 8.46. The second-order valence-corrected chi connectivity index (χ2v) is 3.98. The van der Waals surface area contributed by atoms with E-state index in [1.165, 1.54) is 19.3 Å². The van der Waals surface area contributed by atoms with Crippen molar-refractivity contribution in [2.45, 2.75) is 32.4 Å². The van der Waals surface area contributed by atoms with Crippen molar-refractivity contribution in [1.82, 2.24) is 5.32 Å². The van der Waals surface area contributed by atoms with Crippen LogP contribution in [0.5, 0.6) is 0 Å². The van der Waals surface area contributed by atoms with Gasteiger partial charge in [-0.3, -0.25) is 0 Å². The minimum atomic E-state index is 0.488. The normalized spacial score (nSPS) is 16.1. The smallest absolute Gasteiger partial charge is 0.118 e. The summed E-state index contributed by atoms with van der Waals surface area (Å²) >= 11 is 0. The molecule has 0 unspecified atom stereocenters. The Morgan fingerprint density at radius 1 is 1.36 bits per heavy atom.